The summed E-state index contributed by atoms with van der Waals surface area (Å²) in [6, 6.07) is 0.309. The van der Waals surface area contributed by atoms with Gasteiger partial charge >= 0.3 is 0 Å². The van der Waals surface area contributed by atoms with Crippen molar-refractivity contribution in [3.8, 4) is 0 Å². The molecule has 0 bridgehead atoms. The van der Waals surface area contributed by atoms with Crippen molar-refractivity contribution in [2.75, 3.05) is 33.7 Å². The first-order valence-corrected chi connectivity index (χ1v) is 8.53. The highest BCUT2D eigenvalue weighted by molar-refractivity contribution is 5.80. The van der Waals surface area contributed by atoms with Gasteiger partial charge in [0.2, 0.25) is 0 Å². The molecule has 1 heterocycles. The molecular weight excluding hydrogens is 288 g/mol. The summed E-state index contributed by atoms with van der Waals surface area (Å²) in [5.41, 5.74) is 3.69. The molecule has 0 radical (unpaired) electrons. The Bertz CT molecular complexity index is 503. The molecule has 132 valence electrons. The van der Waals surface area contributed by atoms with Crippen molar-refractivity contribution in [3.05, 3.63) is 17.0 Å². The van der Waals surface area contributed by atoms with Crippen LogP contribution in [0.25, 0.3) is 0 Å². The first-order valence-electron chi connectivity index (χ1n) is 8.53. The van der Waals surface area contributed by atoms with Crippen LogP contribution in [0.3, 0.4) is 0 Å². The number of nitrogens with one attached hydrogen (secondary N) is 2. The Morgan fingerprint density at radius 3 is 2.57 bits per heavy atom. The Kier molecular flexibility index (Phi) is 8.09. The van der Waals surface area contributed by atoms with Gasteiger partial charge in [-0.05, 0) is 66.7 Å². The van der Waals surface area contributed by atoms with Gasteiger partial charge in [-0.2, -0.15) is 5.10 Å². The molecule has 0 aliphatic carbocycles. The first kappa shape index (κ1) is 19.5. The number of rotatable bonds is 8. The molecule has 23 heavy (non-hydrogen) atoms. The predicted molar refractivity (Wildman–Crippen MR) is 98.1 cm³/mol. The van der Waals surface area contributed by atoms with E-state index in [0.717, 1.165) is 44.1 Å². The molecule has 0 spiro atoms. The van der Waals surface area contributed by atoms with E-state index in [2.05, 4.69) is 67.4 Å². The van der Waals surface area contributed by atoms with Crippen molar-refractivity contribution in [2.24, 2.45) is 12.0 Å². The van der Waals surface area contributed by atoms with Crippen molar-refractivity contribution in [2.45, 2.75) is 46.6 Å². The van der Waals surface area contributed by atoms with E-state index in [0.29, 0.717) is 6.04 Å². The van der Waals surface area contributed by atoms with Gasteiger partial charge in [0.05, 0.1) is 5.69 Å². The van der Waals surface area contributed by atoms with Crippen LogP contribution < -0.4 is 10.6 Å². The average Bonchev–Trinajstić information content (AvgIpc) is 2.70. The third kappa shape index (κ3) is 6.60. The summed E-state index contributed by atoms with van der Waals surface area (Å²) in [5.74, 6) is 0.901. The fourth-order valence-corrected chi connectivity index (χ4v) is 2.60. The SMILES string of the molecule is CCNC(=NCCCN(C)C)NC(C)Cc1c(C)nn(C)c1C. The average molecular weight is 323 g/mol. The first-order chi connectivity index (χ1) is 10.8. The molecule has 0 aliphatic heterocycles. The molecule has 0 saturated carbocycles. The fraction of sp³-hybridized carbons (Fsp3) is 0.765. The maximum Gasteiger partial charge on any atom is 0.191 e. The summed E-state index contributed by atoms with van der Waals surface area (Å²) in [6.45, 7) is 11.3. The van der Waals surface area contributed by atoms with Crippen LogP contribution in [0.15, 0.2) is 4.99 Å². The zero-order chi connectivity index (χ0) is 17.4. The predicted octanol–water partition coefficient (Wildman–Crippen LogP) is 1.47. The molecule has 0 amide bonds. The van der Waals surface area contributed by atoms with Gasteiger partial charge in [0, 0.05) is 31.9 Å². The van der Waals surface area contributed by atoms with Gasteiger partial charge in [-0.1, -0.05) is 0 Å². The molecule has 0 aromatic carbocycles. The van der Waals surface area contributed by atoms with Crippen LogP contribution in [0.2, 0.25) is 0 Å². The summed E-state index contributed by atoms with van der Waals surface area (Å²) in [4.78, 5) is 6.85. The van der Waals surface area contributed by atoms with E-state index in [1.165, 1.54) is 11.3 Å². The molecule has 6 heteroatoms. The lowest BCUT2D eigenvalue weighted by atomic mass is 10.1. The van der Waals surface area contributed by atoms with E-state index in [-0.39, 0.29) is 0 Å². The number of aliphatic imine (C=N–C) groups is 1. The summed E-state index contributed by atoms with van der Waals surface area (Å²) in [6.07, 6.45) is 2.02. The third-order valence-corrected chi connectivity index (χ3v) is 3.93. The van der Waals surface area contributed by atoms with Gasteiger partial charge in [0.15, 0.2) is 5.96 Å². The van der Waals surface area contributed by atoms with Crippen molar-refractivity contribution >= 4 is 5.96 Å². The van der Waals surface area contributed by atoms with Crippen LogP contribution in [0, 0.1) is 13.8 Å². The normalized spacial score (nSPS) is 13.5. The Balaban J connectivity index is 2.59. The Morgan fingerprint density at radius 1 is 1.35 bits per heavy atom. The second kappa shape index (κ2) is 9.55. The summed E-state index contributed by atoms with van der Waals surface area (Å²) in [7, 11) is 6.18. The van der Waals surface area contributed by atoms with Crippen LogP contribution in [-0.4, -0.2) is 60.4 Å². The number of aromatic nitrogens is 2. The molecule has 1 aromatic rings. The second-order valence-corrected chi connectivity index (χ2v) is 6.44. The fourth-order valence-electron chi connectivity index (χ4n) is 2.60. The largest absolute Gasteiger partial charge is 0.357 e. The molecule has 1 rings (SSSR count). The smallest absolute Gasteiger partial charge is 0.191 e. The highest BCUT2D eigenvalue weighted by atomic mass is 15.3. The minimum atomic E-state index is 0.309. The molecular formula is C17H34N6. The van der Waals surface area contributed by atoms with Gasteiger partial charge < -0.3 is 15.5 Å². The summed E-state index contributed by atoms with van der Waals surface area (Å²) >= 11 is 0. The summed E-state index contributed by atoms with van der Waals surface area (Å²) < 4.78 is 1.96. The Hall–Kier alpha value is -1.56. The molecule has 6 nitrogen and oxygen atoms in total. The van der Waals surface area contributed by atoms with Crippen molar-refractivity contribution in [3.63, 3.8) is 0 Å². The molecule has 1 aromatic heterocycles. The lowest BCUT2D eigenvalue weighted by Crippen LogP contribution is -2.43. The zero-order valence-electron chi connectivity index (χ0n) is 15.9. The van der Waals surface area contributed by atoms with E-state index < -0.39 is 0 Å². The van der Waals surface area contributed by atoms with Gasteiger partial charge in [0.25, 0.3) is 0 Å². The number of hydrogen-bond acceptors (Lipinski definition) is 3. The van der Waals surface area contributed by atoms with Gasteiger partial charge in [-0.3, -0.25) is 9.67 Å². The second-order valence-electron chi connectivity index (χ2n) is 6.44. The maximum absolute atomic E-state index is 4.66. The zero-order valence-corrected chi connectivity index (χ0v) is 15.9. The number of aryl methyl sites for hydroxylation is 2. The topological polar surface area (TPSA) is 57.5 Å². The minimum Gasteiger partial charge on any atom is -0.357 e. The van der Waals surface area contributed by atoms with Crippen LogP contribution in [0.5, 0.6) is 0 Å². The van der Waals surface area contributed by atoms with E-state index in [4.69, 9.17) is 0 Å². The lowest BCUT2D eigenvalue weighted by molar-refractivity contribution is 0.403. The Morgan fingerprint density at radius 2 is 2.04 bits per heavy atom. The van der Waals surface area contributed by atoms with Gasteiger partial charge in [-0.25, -0.2) is 0 Å². The minimum absolute atomic E-state index is 0.309. The number of hydrogen-bond donors (Lipinski definition) is 2. The summed E-state index contributed by atoms with van der Waals surface area (Å²) in [5, 5.41) is 11.3. The lowest BCUT2D eigenvalue weighted by Gasteiger charge is -2.18. The highest BCUT2D eigenvalue weighted by Gasteiger charge is 2.13. The van der Waals surface area contributed by atoms with E-state index >= 15 is 0 Å². The van der Waals surface area contributed by atoms with Crippen LogP contribution in [-0.2, 0) is 13.5 Å². The van der Waals surface area contributed by atoms with Crippen molar-refractivity contribution in [1.82, 2.24) is 25.3 Å². The van der Waals surface area contributed by atoms with Gasteiger partial charge in [0.1, 0.15) is 0 Å². The van der Waals surface area contributed by atoms with Crippen molar-refractivity contribution < 1.29 is 0 Å². The van der Waals surface area contributed by atoms with E-state index in [1.54, 1.807) is 0 Å². The highest BCUT2D eigenvalue weighted by Crippen LogP contribution is 2.14. The standard InChI is InChI=1S/C17H34N6/c1-8-18-17(19-10-9-11-22(5)6)20-13(2)12-16-14(3)21-23(7)15(16)4/h13H,8-12H2,1-7H3,(H2,18,19,20). The number of nitrogens with zero attached hydrogens (tertiary/aromatic N) is 4. The number of guanidine groups is 1. The molecule has 0 aliphatic rings. The van der Waals surface area contributed by atoms with Crippen LogP contribution in [0.4, 0.5) is 0 Å². The van der Waals surface area contributed by atoms with E-state index in [9.17, 15) is 0 Å². The van der Waals surface area contributed by atoms with Crippen LogP contribution >= 0.6 is 0 Å². The Labute approximate surface area is 141 Å². The molecule has 0 fully saturated rings. The monoisotopic (exact) mass is 322 g/mol. The molecule has 0 saturated heterocycles. The molecule has 2 N–H and O–H groups in total. The molecule has 1 atom stereocenters. The van der Waals surface area contributed by atoms with Crippen LogP contribution in [0.1, 0.15) is 37.2 Å². The quantitative estimate of drug-likeness (QED) is 0.432. The van der Waals surface area contributed by atoms with E-state index in [1.807, 2.05) is 11.7 Å². The third-order valence-electron chi connectivity index (χ3n) is 3.93. The van der Waals surface area contributed by atoms with Crippen molar-refractivity contribution in [1.29, 1.82) is 0 Å². The maximum atomic E-state index is 4.66. The molecule has 1 unspecified atom stereocenters. The van der Waals surface area contributed by atoms with Gasteiger partial charge in [-0.15, -0.1) is 0 Å².